The molecule has 0 saturated carbocycles. The standard InChI is InChI=1S/C21H18N4O4/c1-25(2)20(27)11-4-3-5-12(8-11)22-19-18-15(10-17(24-19)21(28)29)14-7-6-13(26)9-16(14)23-18/h3-10,23,26H,1-2H3,(H,22,24)(H,28,29). The Balaban J connectivity index is 1.87. The van der Waals surface area contributed by atoms with Crippen LogP contribution >= 0.6 is 0 Å². The Labute approximate surface area is 165 Å². The number of aromatic amines is 1. The van der Waals surface area contributed by atoms with E-state index in [1.807, 2.05) is 0 Å². The Bertz CT molecular complexity index is 1280. The van der Waals surface area contributed by atoms with Gasteiger partial charge in [0.2, 0.25) is 0 Å². The lowest BCUT2D eigenvalue weighted by Crippen LogP contribution is -2.21. The minimum Gasteiger partial charge on any atom is -0.508 e. The molecule has 2 heterocycles. The lowest BCUT2D eigenvalue weighted by molar-refractivity contribution is 0.0690. The maximum atomic E-state index is 12.2. The van der Waals surface area contributed by atoms with Crippen LogP contribution in [-0.2, 0) is 0 Å². The summed E-state index contributed by atoms with van der Waals surface area (Å²) in [4.78, 5) is 32.7. The highest BCUT2D eigenvalue weighted by atomic mass is 16.4. The number of phenolic OH excluding ortho intramolecular Hbond substituents is 1. The average Bonchev–Trinajstić information content (AvgIpc) is 3.05. The molecule has 0 radical (unpaired) electrons. The fraction of sp³-hybridized carbons (Fsp3) is 0.0952. The molecule has 146 valence electrons. The second-order valence-corrected chi connectivity index (χ2v) is 6.84. The van der Waals surface area contributed by atoms with Crippen LogP contribution in [0.1, 0.15) is 20.8 Å². The largest absolute Gasteiger partial charge is 0.508 e. The normalized spacial score (nSPS) is 11.0. The number of nitrogens with zero attached hydrogens (tertiary/aromatic N) is 2. The van der Waals surface area contributed by atoms with E-state index in [9.17, 15) is 19.8 Å². The van der Waals surface area contributed by atoms with E-state index in [-0.39, 0.29) is 17.4 Å². The van der Waals surface area contributed by atoms with Crippen molar-refractivity contribution in [3.63, 3.8) is 0 Å². The van der Waals surface area contributed by atoms with Gasteiger partial charge < -0.3 is 25.4 Å². The Morgan fingerprint density at radius 1 is 1.07 bits per heavy atom. The maximum Gasteiger partial charge on any atom is 0.354 e. The van der Waals surface area contributed by atoms with E-state index in [0.29, 0.717) is 33.5 Å². The molecule has 1 amide bonds. The predicted molar refractivity (Wildman–Crippen MR) is 110 cm³/mol. The van der Waals surface area contributed by atoms with Gasteiger partial charge in [0, 0.05) is 42.2 Å². The number of hydrogen-bond donors (Lipinski definition) is 4. The molecule has 0 saturated heterocycles. The van der Waals surface area contributed by atoms with Gasteiger partial charge in [-0.25, -0.2) is 9.78 Å². The lowest BCUT2D eigenvalue weighted by Gasteiger charge is -2.12. The number of aromatic hydroxyl groups is 1. The zero-order valence-corrected chi connectivity index (χ0v) is 15.7. The van der Waals surface area contributed by atoms with Gasteiger partial charge in [0.15, 0.2) is 11.5 Å². The van der Waals surface area contributed by atoms with E-state index in [2.05, 4.69) is 15.3 Å². The molecule has 0 bridgehead atoms. The number of H-pyrrole nitrogens is 1. The molecule has 2 aromatic heterocycles. The number of carboxylic acid groups (broad SMARTS) is 1. The number of aromatic nitrogens is 2. The van der Waals surface area contributed by atoms with Gasteiger partial charge in [0.1, 0.15) is 5.75 Å². The summed E-state index contributed by atoms with van der Waals surface area (Å²) in [7, 11) is 3.34. The van der Waals surface area contributed by atoms with Gasteiger partial charge >= 0.3 is 5.97 Å². The zero-order valence-electron chi connectivity index (χ0n) is 15.7. The second kappa shape index (κ2) is 6.83. The molecule has 0 atom stereocenters. The molecule has 4 aromatic rings. The Hall–Kier alpha value is -4.07. The van der Waals surface area contributed by atoms with Gasteiger partial charge in [-0.2, -0.15) is 0 Å². The fourth-order valence-corrected chi connectivity index (χ4v) is 3.21. The first kappa shape index (κ1) is 18.3. The summed E-state index contributed by atoms with van der Waals surface area (Å²) in [6, 6.07) is 13.2. The summed E-state index contributed by atoms with van der Waals surface area (Å²) in [5.74, 6) is -0.892. The van der Waals surface area contributed by atoms with Crippen molar-refractivity contribution in [2.24, 2.45) is 0 Å². The number of carboxylic acids is 1. The minimum atomic E-state index is -1.15. The summed E-state index contributed by atoms with van der Waals surface area (Å²) in [6.45, 7) is 0. The number of pyridine rings is 1. The number of nitrogens with one attached hydrogen (secondary N) is 2. The van der Waals surface area contributed by atoms with Gasteiger partial charge in [-0.05, 0) is 36.4 Å². The molecule has 4 rings (SSSR count). The van der Waals surface area contributed by atoms with Crippen LogP contribution in [0.2, 0.25) is 0 Å². The molecule has 0 spiro atoms. The fourth-order valence-electron chi connectivity index (χ4n) is 3.21. The molecular weight excluding hydrogens is 372 g/mol. The van der Waals surface area contributed by atoms with E-state index in [1.165, 1.54) is 11.0 Å². The van der Waals surface area contributed by atoms with Crippen LogP contribution in [0.3, 0.4) is 0 Å². The van der Waals surface area contributed by atoms with Crippen molar-refractivity contribution in [2.75, 3.05) is 19.4 Å². The number of carbonyl (C=O) groups excluding carboxylic acids is 1. The summed E-state index contributed by atoms with van der Waals surface area (Å²) < 4.78 is 0. The molecule has 8 nitrogen and oxygen atoms in total. The van der Waals surface area contributed by atoms with Crippen LogP contribution in [0.15, 0.2) is 48.5 Å². The number of aromatic carboxylic acids is 1. The highest BCUT2D eigenvalue weighted by Gasteiger charge is 2.16. The maximum absolute atomic E-state index is 12.2. The number of fused-ring (bicyclic) bond motifs is 3. The molecule has 29 heavy (non-hydrogen) atoms. The van der Waals surface area contributed by atoms with Crippen LogP contribution in [0.4, 0.5) is 11.5 Å². The number of amides is 1. The van der Waals surface area contributed by atoms with Crippen LogP contribution in [0.5, 0.6) is 5.75 Å². The number of phenols is 1. The minimum absolute atomic E-state index is 0.0971. The second-order valence-electron chi connectivity index (χ2n) is 6.84. The summed E-state index contributed by atoms with van der Waals surface area (Å²) in [5.41, 5.74) is 2.22. The van der Waals surface area contributed by atoms with Crippen LogP contribution < -0.4 is 5.32 Å². The number of hydrogen-bond acceptors (Lipinski definition) is 5. The first-order valence-corrected chi connectivity index (χ1v) is 8.81. The molecule has 0 fully saturated rings. The average molecular weight is 390 g/mol. The smallest absolute Gasteiger partial charge is 0.354 e. The molecule has 2 aromatic carbocycles. The van der Waals surface area contributed by atoms with E-state index in [4.69, 9.17) is 0 Å². The van der Waals surface area contributed by atoms with Crippen molar-refractivity contribution in [2.45, 2.75) is 0 Å². The number of benzene rings is 2. The van der Waals surface area contributed by atoms with E-state index in [1.54, 1.807) is 56.6 Å². The van der Waals surface area contributed by atoms with Crippen molar-refractivity contribution in [3.05, 3.63) is 59.8 Å². The highest BCUT2D eigenvalue weighted by Crippen LogP contribution is 2.33. The van der Waals surface area contributed by atoms with Crippen molar-refractivity contribution in [1.82, 2.24) is 14.9 Å². The van der Waals surface area contributed by atoms with Gasteiger partial charge in [-0.15, -0.1) is 0 Å². The lowest BCUT2D eigenvalue weighted by atomic mass is 10.1. The SMILES string of the molecule is CN(C)C(=O)c1cccc(Nc2nc(C(=O)O)cc3c2[nH]c2cc(O)ccc23)c1. The number of anilines is 2. The third-order valence-corrected chi connectivity index (χ3v) is 4.57. The molecule has 0 aliphatic heterocycles. The monoisotopic (exact) mass is 390 g/mol. The topological polar surface area (TPSA) is 119 Å². The summed E-state index contributed by atoms with van der Waals surface area (Å²) in [6.07, 6.45) is 0. The third kappa shape index (κ3) is 3.31. The summed E-state index contributed by atoms with van der Waals surface area (Å²) >= 11 is 0. The molecule has 8 heteroatoms. The molecule has 0 aliphatic rings. The quantitative estimate of drug-likeness (QED) is 0.423. The number of rotatable bonds is 4. The molecular formula is C21H18N4O4. The third-order valence-electron chi connectivity index (χ3n) is 4.57. The Kier molecular flexibility index (Phi) is 4.31. The van der Waals surface area contributed by atoms with Crippen molar-refractivity contribution >= 4 is 45.2 Å². The van der Waals surface area contributed by atoms with Crippen molar-refractivity contribution < 1.29 is 19.8 Å². The van der Waals surface area contributed by atoms with Crippen LogP contribution in [0, 0.1) is 0 Å². The molecule has 4 N–H and O–H groups in total. The van der Waals surface area contributed by atoms with Gasteiger partial charge in [0.25, 0.3) is 5.91 Å². The Morgan fingerprint density at radius 2 is 1.86 bits per heavy atom. The predicted octanol–water partition coefficient (Wildman–Crippen LogP) is 3.57. The first-order valence-electron chi connectivity index (χ1n) is 8.81. The van der Waals surface area contributed by atoms with Crippen LogP contribution in [-0.4, -0.2) is 51.1 Å². The summed E-state index contributed by atoms with van der Waals surface area (Å²) in [5, 5.41) is 23.8. The molecule has 0 unspecified atom stereocenters. The van der Waals surface area contributed by atoms with E-state index < -0.39 is 5.97 Å². The van der Waals surface area contributed by atoms with Crippen LogP contribution in [0.25, 0.3) is 21.8 Å². The van der Waals surface area contributed by atoms with E-state index >= 15 is 0 Å². The van der Waals surface area contributed by atoms with E-state index in [0.717, 1.165) is 5.39 Å². The molecule has 0 aliphatic carbocycles. The zero-order chi connectivity index (χ0) is 20.7. The van der Waals surface area contributed by atoms with Crippen molar-refractivity contribution in [1.29, 1.82) is 0 Å². The van der Waals surface area contributed by atoms with Gasteiger partial charge in [-0.3, -0.25) is 4.79 Å². The van der Waals surface area contributed by atoms with Crippen molar-refractivity contribution in [3.8, 4) is 5.75 Å². The van der Waals surface area contributed by atoms with Gasteiger partial charge in [0.05, 0.1) is 11.0 Å². The first-order chi connectivity index (χ1) is 13.8. The highest BCUT2D eigenvalue weighted by molar-refractivity contribution is 6.12. The number of carbonyl (C=O) groups is 2. The van der Waals surface area contributed by atoms with Gasteiger partial charge in [-0.1, -0.05) is 6.07 Å². The Morgan fingerprint density at radius 3 is 2.59 bits per heavy atom.